The van der Waals surface area contributed by atoms with Gasteiger partial charge in [-0.2, -0.15) is 0 Å². The monoisotopic (exact) mass is 338 g/mol. The molecular weight excluding hydrogens is 332 g/mol. The van der Waals surface area contributed by atoms with Crippen LogP contribution in [0.4, 0.5) is 0 Å². The molecule has 2 aromatic carbocycles. The van der Waals surface area contributed by atoms with E-state index in [9.17, 15) is 24.0 Å². The fourth-order valence-electron chi connectivity index (χ4n) is 2.51. The number of hydrogen-bond acceptors (Lipinski definition) is 8. The fourth-order valence-corrected chi connectivity index (χ4v) is 2.51. The van der Waals surface area contributed by atoms with Crippen LogP contribution in [0.2, 0.25) is 0 Å². The van der Waals surface area contributed by atoms with Gasteiger partial charge in [-0.25, -0.2) is 24.0 Å². The number of carbonyl (C=O) groups excluding carboxylic acids is 5. The molecule has 2 aliphatic rings. The summed E-state index contributed by atoms with van der Waals surface area (Å²) in [5.74, 6) is -3.99. The van der Waals surface area contributed by atoms with E-state index in [2.05, 4.69) is 9.47 Å². The van der Waals surface area contributed by atoms with Crippen LogP contribution in [0.25, 0.3) is 0 Å². The summed E-state index contributed by atoms with van der Waals surface area (Å²) in [4.78, 5) is 58.0. The van der Waals surface area contributed by atoms with Gasteiger partial charge in [0.1, 0.15) is 5.75 Å². The summed E-state index contributed by atoms with van der Waals surface area (Å²) in [7, 11) is 0. The Hall–Kier alpha value is -3.81. The molecule has 2 aliphatic heterocycles. The summed E-state index contributed by atoms with van der Waals surface area (Å²) >= 11 is 0. The van der Waals surface area contributed by atoms with Gasteiger partial charge in [0, 0.05) is 0 Å². The highest BCUT2D eigenvalue weighted by Crippen LogP contribution is 2.26. The van der Waals surface area contributed by atoms with Crippen molar-refractivity contribution < 1.29 is 38.2 Å². The van der Waals surface area contributed by atoms with Crippen LogP contribution in [-0.4, -0.2) is 29.8 Å². The Bertz CT molecular complexity index is 1020. The third-order valence-electron chi connectivity index (χ3n) is 3.71. The van der Waals surface area contributed by atoms with E-state index in [-0.39, 0.29) is 33.6 Å². The van der Waals surface area contributed by atoms with Crippen molar-refractivity contribution in [2.75, 3.05) is 0 Å². The van der Waals surface area contributed by atoms with Crippen LogP contribution in [0.1, 0.15) is 51.8 Å². The molecule has 0 amide bonds. The van der Waals surface area contributed by atoms with Crippen molar-refractivity contribution in [2.45, 2.75) is 0 Å². The Labute approximate surface area is 138 Å². The highest BCUT2D eigenvalue weighted by molar-refractivity contribution is 6.16. The van der Waals surface area contributed by atoms with Crippen molar-refractivity contribution in [1.29, 1.82) is 0 Å². The maximum Gasteiger partial charge on any atom is 0.347 e. The first-order valence-electron chi connectivity index (χ1n) is 6.97. The first-order chi connectivity index (χ1) is 11.9. The third-order valence-corrected chi connectivity index (χ3v) is 3.71. The van der Waals surface area contributed by atoms with Gasteiger partial charge in [-0.3, -0.25) is 0 Å². The van der Waals surface area contributed by atoms with Gasteiger partial charge >= 0.3 is 29.8 Å². The van der Waals surface area contributed by atoms with Gasteiger partial charge in [0.05, 0.1) is 27.8 Å². The Kier molecular flexibility index (Phi) is 3.01. The van der Waals surface area contributed by atoms with Gasteiger partial charge < -0.3 is 14.2 Å². The molecule has 0 fully saturated rings. The Balaban J connectivity index is 1.62. The number of esters is 5. The minimum absolute atomic E-state index is 0.00146. The molecular formula is C17H6O8. The van der Waals surface area contributed by atoms with Gasteiger partial charge in [-0.1, -0.05) is 0 Å². The molecule has 0 radical (unpaired) electrons. The maximum absolute atomic E-state index is 12.2. The van der Waals surface area contributed by atoms with Crippen LogP contribution in [0.5, 0.6) is 5.75 Å². The number of cyclic esters (lactones) is 4. The zero-order valence-corrected chi connectivity index (χ0v) is 12.2. The maximum atomic E-state index is 12.2. The summed E-state index contributed by atoms with van der Waals surface area (Å²) in [6.45, 7) is 0. The zero-order chi connectivity index (χ0) is 17.7. The average Bonchev–Trinajstić information content (AvgIpc) is 3.03. The Morgan fingerprint density at radius 3 is 1.84 bits per heavy atom. The molecule has 8 nitrogen and oxygen atoms in total. The SMILES string of the molecule is O=C(Oc1ccc2c(c1)C(=O)OC2=O)c1ccc2c(c1)C(=O)OC2=O. The molecule has 25 heavy (non-hydrogen) atoms. The van der Waals surface area contributed by atoms with E-state index >= 15 is 0 Å². The lowest BCUT2D eigenvalue weighted by molar-refractivity contribution is 0.0425. The summed E-state index contributed by atoms with van der Waals surface area (Å²) in [6.07, 6.45) is 0. The molecule has 0 bridgehead atoms. The molecule has 0 saturated carbocycles. The van der Waals surface area contributed by atoms with E-state index in [0.29, 0.717) is 0 Å². The summed E-state index contributed by atoms with van der Waals surface area (Å²) in [5.41, 5.74) is 0.148. The molecule has 0 N–H and O–H groups in total. The molecule has 122 valence electrons. The van der Waals surface area contributed by atoms with Gasteiger partial charge in [0.25, 0.3) is 0 Å². The van der Waals surface area contributed by atoms with Crippen LogP contribution >= 0.6 is 0 Å². The molecule has 4 rings (SSSR count). The number of rotatable bonds is 2. The first kappa shape index (κ1) is 14.8. The molecule has 0 saturated heterocycles. The second-order valence-corrected chi connectivity index (χ2v) is 5.21. The van der Waals surface area contributed by atoms with E-state index in [4.69, 9.17) is 4.74 Å². The van der Waals surface area contributed by atoms with Crippen molar-refractivity contribution in [2.24, 2.45) is 0 Å². The quantitative estimate of drug-likeness (QED) is 0.460. The number of benzene rings is 2. The molecule has 0 unspecified atom stereocenters. The van der Waals surface area contributed by atoms with Gasteiger partial charge in [0.2, 0.25) is 0 Å². The molecule has 0 aliphatic carbocycles. The minimum Gasteiger partial charge on any atom is -0.423 e. The highest BCUT2D eigenvalue weighted by atomic mass is 16.6. The number of carbonyl (C=O) groups is 5. The normalized spacial score (nSPS) is 14.7. The molecule has 0 aromatic heterocycles. The van der Waals surface area contributed by atoms with Crippen LogP contribution in [-0.2, 0) is 9.47 Å². The predicted molar refractivity (Wildman–Crippen MR) is 77.3 cm³/mol. The second-order valence-electron chi connectivity index (χ2n) is 5.21. The van der Waals surface area contributed by atoms with E-state index in [1.807, 2.05) is 0 Å². The van der Waals surface area contributed by atoms with E-state index in [0.717, 1.165) is 0 Å². The van der Waals surface area contributed by atoms with Crippen LogP contribution < -0.4 is 4.74 Å². The summed E-state index contributed by atoms with van der Waals surface area (Å²) in [6, 6.07) is 7.65. The molecule has 8 heteroatoms. The Morgan fingerprint density at radius 2 is 1.20 bits per heavy atom. The van der Waals surface area contributed by atoms with Gasteiger partial charge in [-0.15, -0.1) is 0 Å². The highest BCUT2D eigenvalue weighted by Gasteiger charge is 2.32. The van der Waals surface area contributed by atoms with Crippen LogP contribution in [0, 0.1) is 0 Å². The molecule has 0 spiro atoms. The topological polar surface area (TPSA) is 113 Å². The van der Waals surface area contributed by atoms with Crippen molar-refractivity contribution in [3.63, 3.8) is 0 Å². The largest absolute Gasteiger partial charge is 0.423 e. The van der Waals surface area contributed by atoms with E-state index in [1.54, 1.807) is 0 Å². The lowest BCUT2D eigenvalue weighted by Gasteiger charge is -2.05. The molecule has 2 aromatic rings. The second kappa shape index (κ2) is 5.10. The van der Waals surface area contributed by atoms with Crippen LogP contribution in [0.3, 0.4) is 0 Å². The van der Waals surface area contributed by atoms with Gasteiger partial charge in [0.15, 0.2) is 0 Å². The fraction of sp³-hybridized carbons (Fsp3) is 0. The number of hydrogen-bond donors (Lipinski definition) is 0. The van der Waals surface area contributed by atoms with Crippen molar-refractivity contribution in [3.8, 4) is 5.75 Å². The van der Waals surface area contributed by atoms with E-state index in [1.165, 1.54) is 36.4 Å². The minimum atomic E-state index is -0.839. The van der Waals surface area contributed by atoms with E-state index < -0.39 is 29.8 Å². The van der Waals surface area contributed by atoms with Crippen molar-refractivity contribution in [1.82, 2.24) is 0 Å². The Morgan fingerprint density at radius 1 is 0.680 bits per heavy atom. The van der Waals surface area contributed by atoms with Gasteiger partial charge in [-0.05, 0) is 36.4 Å². The molecule has 0 atom stereocenters. The number of fused-ring (bicyclic) bond motifs is 2. The smallest absolute Gasteiger partial charge is 0.347 e. The summed E-state index contributed by atoms with van der Waals surface area (Å²) < 4.78 is 14.0. The van der Waals surface area contributed by atoms with Crippen molar-refractivity contribution >= 4 is 29.8 Å². The van der Waals surface area contributed by atoms with Crippen molar-refractivity contribution in [3.05, 3.63) is 64.2 Å². The zero-order valence-electron chi connectivity index (χ0n) is 12.2. The lowest BCUT2D eigenvalue weighted by Crippen LogP contribution is -2.10. The average molecular weight is 338 g/mol. The standard InChI is InChI=1S/C17H6O8/c18-13(7-1-3-9-11(5-7)16(21)24-14(9)19)23-8-2-4-10-12(6-8)17(22)25-15(10)20/h1-6H. The predicted octanol–water partition coefficient (Wildman–Crippen LogP) is 1.53. The number of ether oxygens (including phenoxy) is 3. The molecule has 2 heterocycles. The third kappa shape index (κ3) is 2.27. The van der Waals surface area contributed by atoms with Crippen LogP contribution in [0.15, 0.2) is 36.4 Å². The summed E-state index contributed by atoms with van der Waals surface area (Å²) in [5, 5.41) is 0. The first-order valence-corrected chi connectivity index (χ1v) is 6.97. The lowest BCUT2D eigenvalue weighted by atomic mass is 10.1.